The van der Waals surface area contributed by atoms with Gasteiger partial charge in [0.25, 0.3) is 0 Å². The number of carbonyl (C=O) groups is 1. The minimum atomic E-state index is -0.665. The Morgan fingerprint density at radius 3 is 2.71 bits per heavy atom. The Hall–Kier alpha value is -4.65. The number of benzene rings is 1. The van der Waals surface area contributed by atoms with E-state index in [2.05, 4.69) is 25.3 Å². The maximum Gasteiger partial charge on any atom is 0.410 e. The molecule has 5 rings (SSSR count). The number of H-pyrrole nitrogens is 1. The van der Waals surface area contributed by atoms with Gasteiger partial charge in [-0.25, -0.2) is 28.9 Å². The smallest absolute Gasteiger partial charge is 0.410 e. The molecule has 0 aliphatic carbocycles. The summed E-state index contributed by atoms with van der Waals surface area (Å²) in [6, 6.07) is 8.72. The van der Waals surface area contributed by atoms with Gasteiger partial charge in [-0.05, 0) is 43.4 Å². The number of rotatable bonds is 8. The molecule has 0 unspecified atom stereocenters. The summed E-state index contributed by atoms with van der Waals surface area (Å²) >= 11 is 1.31. The van der Waals surface area contributed by atoms with Gasteiger partial charge >= 0.3 is 11.8 Å². The Bertz CT molecular complexity index is 1810. The van der Waals surface area contributed by atoms with Gasteiger partial charge in [-0.2, -0.15) is 4.39 Å². The summed E-state index contributed by atoms with van der Waals surface area (Å²) in [5.74, 6) is -1.04. The summed E-state index contributed by atoms with van der Waals surface area (Å²) in [7, 11) is 1.60. The van der Waals surface area contributed by atoms with Crippen molar-refractivity contribution in [1.82, 2.24) is 29.4 Å². The van der Waals surface area contributed by atoms with Crippen LogP contribution in [-0.4, -0.2) is 54.7 Å². The molecule has 4 aromatic heterocycles. The molecule has 0 fully saturated rings. The minimum absolute atomic E-state index is 0.115. The van der Waals surface area contributed by atoms with E-state index in [0.717, 1.165) is 16.3 Å². The van der Waals surface area contributed by atoms with Crippen LogP contribution in [-0.2, 0) is 17.8 Å². The third-order valence-corrected chi connectivity index (χ3v) is 7.43. The van der Waals surface area contributed by atoms with E-state index in [4.69, 9.17) is 4.74 Å². The fraction of sp³-hybridized carbons (Fsp3) is 0.276. The molecule has 0 atom stereocenters. The molecular formula is C29H29F2N7O3S. The highest BCUT2D eigenvalue weighted by molar-refractivity contribution is 7.22. The van der Waals surface area contributed by atoms with E-state index >= 15 is 0 Å². The topological polar surface area (TPSA) is 118 Å². The van der Waals surface area contributed by atoms with E-state index in [0.29, 0.717) is 34.7 Å². The molecule has 10 nitrogen and oxygen atoms in total. The molecule has 0 aliphatic rings. The first-order valence-corrected chi connectivity index (χ1v) is 13.9. The largest absolute Gasteiger partial charge is 0.444 e. The number of fused-ring (bicyclic) bond motifs is 1. The normalized spacial score (nSPS) is 11.6. The fourth-order valence-electron chi connectivity index (χ4n) is 4.33. The molecule has 0 bridgehead atoms. The Labute approximate surface area is 244 Å². The predicted octanol–water partition coefficient (Wildman–Crippen LogP) is 5.67. The molecule has 0 radical (unpaired) electrons. The number of anilines is 1. The average molecular weight is 594 g/mol. The molecule has 13 heteroatoms. The summed E-state index contributed by atoms with van der Waals surface area (Å²) in [5.41, 5.74) is 1.11. The minimum Gasteiger partial charge on any atom is -0.444 e. The number of hydrogen-bond acceptors (Lipinski definition) is 8. The number of halogens is 2. The van der Waals surface area contributed by atoms with Gasteiger partial charge in [-0.1, -0.05) is 18.2 Å². The highest BCUT2D eigenvalue weighted by atomic mass is 32.1. The van der Waals surface area contributed by atoms with Gasteiger partial charge in [-0.15, -0.1) is 11.3 Å². The van der Waals surface area contributed by atoms with E-state index in [1.165, 1.54) is 33.1 Å². The van der Waals surface area contributed by atoms with E-state index in [-0.39, 0.29) is 23.9 Å². The molecule has 1 amide bonds. The molecule has 5 aromatic rings. The van der Waals surface area contributed by atoms with Crippen molar-refractivity contribution in [3.05, 3.63) is 82.9 Å². The number of aromatic amines is 1. The number of nitrogens with zero attached hydrogens (tertiary/aromatic N) is 5. The lowest BCUT2D eigenvalue weighted by Gasteiger charge is -2.25. The average Bonchev–Trinajstić information content (AvgIpc) is 3.55. The molecule has 1 aromatic carbocycles. The summed E-state index contributed by atoms with van der Waals surface area (Å²) in [5, 5.41) is 3.84. The van der Waals surface area contributed by atoms with Crippen LogP contribution in [0, 0.1) is 11.8 Å². The van der Waals surface area contributed by atoms with Crippen LogP contribution in [0.5, 0.6) is 0 Å². The molecular weight excluding hydrogens is 564 g/mol. The van der Waals surface area contributed by atoms with Crippen LogP contribution in [0.2, 0.25) is 0 Å². The second kappa shape index (κ2) is 11.7. The van der Waals surface area contributed by atoms with Crippen LogP contribution in [0.1, 0.15) is 26.3 Å². The number of carbonyl (C=O) groups excluding carboxylic acids is 1. The lowest BCUT2D eigenvalue weighted by atomic mass is 10.00. The molecule has 0 spiro atoms. The van der Waals surface area contributed by atoms with Crippen molar-refractivity contribution in [2.45, 2.75) is 39.5 Å². The van der Waals surface area contributed by atoms with Gasteiger partial charge in [0.15, 0.2) is 5.82 Å². The first kappa shape index (κ1) is 28.9. The van der Waals surface area contributed by atoms with Crippen LogP contribution in [0.15, 0.2) is 59.9 Å². The summed E-state index contributed by atoms with van der Waals surface area (Å²) in [6.45, 7) is 6.21. The Balaban J connectivity index is 1.45. The zero-order chi connectivity index (χ0) is 30.0. The zero-order valence-corrected chi connectivity index (χ0v) is 24.3. The van der Waals surface area contributed by atoms with E-state index in [1.807, 2.05) is 24.3 Å². The number of thiophene rings is 1. The lowest BCUT2D eigenvalue weighted by molar-refractivity contribution is 0.0285. The molecule has 218 valence electrons. The maximum atomic E-state index is 15.0. The fourth-order valence-corrected chi connectivity index (χ4v) is 5.50. The van der Waals surface area contributed by atoms with Gasteiger partial charge in [0.05, 0.1) is 17.6 Å². The molecule has 4 heterocycles. The lowest BCUT2D eigenvalue weighted by Crippen LogP contribution is -2.34. The van der Waals surface area contributed by atoms with Gasteiger partial charge in [0, 0.05) is 55.1 Å². The van der Waals surface area contributed by atoms with E-state index in [9.17, 15) is 18.4 Å². The maximum absolute atomic E-state index is 15.0. The zero-order valence-electron chi connectivity index (χ0n) is 23.4. The standard InChI is InChI=1S/C29H29F2N7O3S/c1-29(2,3)41-28(40)37(4)16-18-14-34-23(31)13-20(18)19-7-5-6-17-12-22(42-25(17)19)24-21(30)15-35-26(36-24)32-8-10-38-11-9-33-27(38)39/h5-7,9,11-15H,8,10,16H2,1-4H3,(H,33,39)(H,32,35,36). The summed E-state index contributed by atoms with van der Waals surface area (Å²) in [4.78, 5) is 41.0. The van der Waals surface area contributed by atoms with E-state index < -0.39 is 23.5 Å². The Morgan fingerprint density at radius 2 is 1.98 bits per heavy atom. The third kappa shape index (κ3) is 6.46. The number of imidazole rings is 1. The van der Waals surface area contributed by atoms with Gasteiger partial charge in [0.1, 0.15) is 11.3 Å². The van der Waals surface area contributed by atoms with Crippen LogP contribution >= 0.6 is 11.3 Å². The Kier molecular flexibility index (Phi) is 8.03. The number of nitrogens with one attached hydrogen (secondary N) is 2. The SMILES string of the molecule is CN(Cc1cnc(F)cc1-c1cccc2cc(-c3nc(NCCn4cc[nH]c4=O)ncc3F)sc12)C(=O)OC(C)(C)C. The summed E-state index contributed by atoms with van der Waals surface area (Å²) in [6.07, 6.45) is 5.17. The van der Waals surface area contributed by atoms with Crippen molar-refractivity contribution in [2.24, 2.45) is 0 Å². The third-order valence-electron chi connectivity index (χ3n) is 6.24. The number of amides is 1. The van der Waals surface area contributed by atoms with Gasteiger partial charge in [-0.3, -0.25) is 4.57 Å². The van der Waals surface area contributed by atoms with Crippen LogP contribution in [0.4, 0.5) is 19.5 Å². The number of ether oxygens (including phenoxy) is 1. The van der Waals surface area contributed by atoms with Gasteiger partial charge in [0.2, 0.25) is 11.9 Å². The molecule has 0 aliphatic heterocycles. The van der Waals surface area contributed by atoms with Crippen molar-refractivity contribution < 1.29 is 18.3 Å². The van der Waals surface area contributed by atoms with Crippen molar-refractivity contribution in [1.29, 1.82) is 0 Å². The van der Waals surface area contributed by atoms with Crippen molar-refractivity contribution >= 4 is 33.5 Å². The molecule has 42 heavy (non-hydrogen) atoms. The summed E-state index contributed by atoms with van der Waals surface area (Å²) < 4.78 is 37.1. The van der Waals surface area contributed by atoms with Crippen molar-refractivity contribution in [3.8, 4) is 21.7 Å². The quantitative estimate of drug-likeness (QED) is 0.223. The second-order valence-corrected chi connectivity index (χ2v) is 11.7. The molecule has 0 saturated carbocycles. The van der Waals surface area contributed by atoms with Crippen LogP contribution in [0.25, 0.3) is 31.8 Å². The number of aromatic nitrogens is 5. The first-order valence-electron chi connectivity index (χ1n) is 13.1. The predicted molar refractivity (Wildman–Crippen MR) is 157 cm³/mol. The first-order chi connectivity index (χ1) is 20.0. The second-order valence-electron chi connectivity index (χ2n) is 10.6. The number of pyridine rings is 1. The van der Waals surface area contributed by atoms with Crippen molar-refractivity contribution in [2.75, 3.05) is 18.9 Å². The highest BCUT2D eigenvalue weighted by Crippen LogP contribution is 2.40. The Morgan fingerprint density at radius 1 is 1.17 bits per heavy atom. The monoisotopic (exact) mass is 593 g/mol. The molecule has 2 N–H and O–H groups in total. The van der Waals surface area contributed by atoms with Crippen LogP contribution < -0.4 is 11.0 Å². The van der Waals surface area contributed by atoms with Crippen molar-refractivity contribution in [3.63, 3.8) is 0 Å². The highest BCUT2D eigenvalue weighted by Gasteiger charge is 2.22. The number of hydrogen-bond donors (Lipinski definition) is 2. The van der Waals surface area contributed by atoms with E-state index in [1.54, 1.807) is 40.2 Å². The van der Waals surface area contributed by atoms with Gasteiger partial charge < -0.3 is 19.9 Å². The molecule has 0 saturated heterocycles. The van der Waals surface area contributed by atoms with Crippen LogP contribution in [0.3, 0.4) is 0 Å².